The number of benzene rings is 1. The lowest BCUT2D eigenvalue weighted by molar-refractivity contribution is 0.1000. The van der Waals surface area contributed by atoms with Crippen LogP contribution in [0.15, 0.2) is 18.2 Å². The van der Waals surface area contributed by atoms with E-state index in [0.717, 1.165) is 6.54 Å². The topological polar surface area (TPSA) is 55.1 Å². The lowest BCUT2D eigenvalue weighted by Gasteiger charge is -2.08. The first-order chi connectivity index (χ1) is 8.40. The molecule has 18 heavy (non-hydrogen) atoms. The molecule has 0 spiro atoms. The summed E-state index contributed by atoms with van der Waals surface area (Å²) in [5, 5.41) is 3.23. The van der Waals surface area contributed by atoms with Gasteiger partial charge in [-0.25, -0.2) is 4.39 Å². The summed E-state index contributed by atoms with van der Waals surface area (Å²) in [6, 6.07) is 4.21. The molecule has 1 unspecified atom stereocenters. The van der Waals surface area contributed by atoms with Crippen LogP contribution < -0.4 is 11.1 Å². The highest BCUT2D eigenvalue weighted by Crippen LogP contribution is 2.50. The zero-order valence-corrected chi connectivity index (χ0v) is 10.8. The first kappa shape index (κ1) is 13.0. The van der Waals surface area contributed by atoms with Gasteiger partial charge in [-0.15, -0.1) is 0 Å². The number of nitrogens with two attached hydrogens (primary N) is 1. The molecule has 1 aromatic rings. The van der Waals surface area contributed by atoms with Crippen molar-refractivity contribution in [2.24, 2.45) is 17.1 Å². The summed E-state index contributed by atoms with van der Waals surface area (Å²) in [6.07, 6.45) is 1.21. The van der Waals surface area contributed by atoms with Gasteiger partial charge in [-0.05, 0) is 42.5 Å². The number of nitrogens with one attached hydrogen (secondary N) is 1. The largest absolute Gasteiger partial charge is 0.366 e. The second kappa shape index (κ2) is 4.69. The monoisotopic (exact) mass is 250 g/mol. The highest BCUT2D eigenvalue weighted by atomic mass is 19.1. The molecule has 3 nitrogen and oxygen atoms in total. The summed E-state index contributed by atoms with van der Waals surface area (Å²) >= 11 is 0. The normalized spacial score (nSPS) is 20.7. The molecule has 0 radical (unpaired) electrons. The first-order valence-electron chi connectivity index (χ1n) is 6.19. The average molecular weight is 250 g/mol. The molecule has 1 amide bonds. The van der Waals surface area contributed by atoms with E-state index < -0.39 is 5.91 Å². The molecular formula is C14H19FN2O. The van der Waals surface area contributed by atoms with Crippen molar-refractivity contribution in [2.75, 3.05) is 6.54 Å². The van der Waals surface area contributed by atoms with Gasteiger partial charge >= 0.3 is 0 Å². The van der Waals surface area contributed by atoms with Crippen LogP contribution in [0.25, 0.3) is 0 Å². The zero-order chi connectivity index (χ0) is 13.3. The Morgan fingerprint density at radius 2 is 2.22 bits per heavy atom. The maximum absolute atomic E-state index is 13.5. The Kier molecular flexibility index (Phi) is 3.39. The summed E-state index contributed by atoms with van der Waals surface area (Å²) in [4.78, 5) is 11.0. The standard InChI is InChI=1S/C14H19FN2O/c1-14(2)6-11(14)8-17-7-10-5-9(13(16)18)3-4-12(10)15/h3-5,11,17H,6-8H2,1-2H3,(H2,16,18). The Hall–Kier alpha value is -1.42. The summed E-state index contributed by atoms with van der Waals surface area (Å²) in [5.41, 5.74) is 6.43. The average Bonchev–Trinajstić information content (AvgIpc) is 2.89. The van der Waals surface area contributed by atoms with Crippen LogP contribution in [0, 0.1) is 17.2 Å². The molecule has 0 aliphatic heterocycles. The van der Waals surface area contributed by atoms with Crippen molar-refractivity contribution in [3.8, 4) is 0 Å². The number of amides is 1. The van der Waals surface area contributed by atoms with Gasteiger partial charge in [0, 0.05) is 17.7 Å². The van der Waals surface area contributed by atoms with Crippen LogP contribution >= 0.6 is 0 Å². The molecule has 1 atom stereocenters. The minimum absolute atomic E-state index is 0.303. The van der Waals surface area contributed by atoms with Crippen molar-refractivity contribution in [1.29, 1.82) is 0 Å². The smallest absolute Gasteiger partial charge is 0.248 e. The summed E-state index contributed by atoms with van der Waals surface area (Å²) in [5.74, 6) is -0.165. The van der Waals surface area contributed by atoms with Gasteiger partial charge in [0.25, 0.3) is 0 Å². The fraction of sp³-hybridized carbons (Fsp3) is 0.500. The Morgan fingerprint density at radius 1 is 1.56 bits per heavy atom. The molecule has 1 aromatic carbocycles. The molecule has 4 heteroatoms. The number of halogens is 1. The molecule has 1 fully saturated rings. The van der Waals surface area contributed by atoms with Crippen LogP contribution in [0.2, 0.25) is 0 Å². The third-order valence-electron chi connectivity index (χ3n) is 3.75. The Bertz CT molecular complexity index is 471. The molecule has 0 heterocycles. The van der Waals surface area contributed by atoms with Gasteiger partial charge in [0.05, 0.1) is 0 Å². The molecule has 0 bridgehead atoms. The number of carbonyl (C=O) groups excluding carboxylic acids is 1. The first-order valence-corrected chi connectivity index (χ1v) is 6.19. The molecule has 1 saturated carbocycles. The van der Waals surface area contributed by atoms with Crippen LogP contribution in [0.3, 0.4) is 0 Å². The van der Waals surface area contributed by atoms with E-state index in [0.29, 0.717) is 29.0 Å². The number of carbonyl (C=O) groups is 1. The zero-order valence-electron chi connectivity index (χ0n) is 10.8. The second-order valence-corrected chi connectivity index (χ2v) is 5.69. The molecule has 2 rings (SSSR count). The van der Waals surface area contributed by atoms with Crippen molar-refractivity contribution in [3.05, 3.63) is 35.1 Å². The lowest BCUT2D eigenvalue weighted by Crippen LogP contribution is -2.19. The van der Waals surface area contributed by atoms with E-state index in [4.69, 9.17) is 5.73 Å². The minimum Gasteiger partial charge on any atom is -0.366 e. The molecule has 98 valence electrons. The minimum atomic E-state index is -0.528. The van der Waals surface area contributed by atoms with Gasteiger partial charge < -0.3 is 11.1 Å². The Morgan fingerprint density at radius 3 is 2.78 bits per heavy atom. The van der Waals surface area contributed by atoms with Crippen LogP contribution in [-0.2, 0) is 6.54 Å². The number of hydrogen-bond donors (Lipinski definition) is 2. The van der Waals surface area contributed by atoms with E-state index >= 15 is 0 Å². The van der Waals surface area contributed by atoms with E-state index in [1.807, 2.05) is 0 Å². The van der Waals surface area contributed by atoms with Gasteiger partial charge in [-0.2, -0.15) is 0 Å². The maximum Gasteiger partial charge on any atom is 0.248 e. The highest BCUT2D eigenvalue weighted by Gasteiger charge is 2.44. The third kappa shape index (κ3) is 2.88. The number of rotatable bonds is 5. The van der Waals surface area contributed by atoms with Gasteiger partial charge in [0.15, 0.2) is 0 Å². The van der Waals surface area contributed by atoms with E-state index in [1.54, 1.807) is 0 Å². The molecule has 3 N–H and O–H groups in total. The fourth-order valence-electron chi connectivity index (χ4n) is 2.17. The van der Waals surface area contributed by atoms with E-state index in [2.05, 4.69) is 19.2 Å². The fourth-order valence-corrected chi connectivity index (χ4v) is 2.17. The van der Waals surface area contributed by atoms with Crippen molar-refractivity contribution < 1.29 is 9.18 Å². The van der Waals surface area contributed by atoms with Crippen molar-refractivity contribution in [3.63, 3.8) is 0 Å². The maximum atomic E-state index is 13.5. The molecule has 1 aliphatic rings. The van der Waals surface area contributed by atoms with E-state index in [9.17, 15) is 9.18 Å². The van der Waals surface area contributed by atoms with Crippen LogP contribution in [0.5, 0.6) is 0 Å². The second-order valence-electron chi connectivity index (χ2n) is 5.69. The van der Waals surface area contributed by atoms with Crippen LogP contribution in [-0.4, -0.2) is 12.5 Å². The predicted molar refractivity (Wildman–Crippen MR) is 68.5 cm³/mol. The van der Waals surface area contributed by atoms with Crippen molar-refractivity contribution in [2.45, 2.75) is 26.8 Å². The Labute approximate surface area is 107 Å². The lowest BCUT2D eigenvalue weighted by atomic mass is 10.1. The number of primary amides is 1. The predicted octanol–water partition coefficient (Wildman–Crippen LogP) is 2.06. The van der Waals surface area contributed by atoms with Crippen LogP contribution in [0.1, 0.15) is 36.2 Å². The van der Waals surface area contributed by atoms with E-state index in [1.165, 1.54) is 24.6 Å². The molecule has 1 aliphatic carbocycles. The number of hydrogen-bond acceptors (Lipinski definition) is 2. The molecular weight excluding hydrogens is 231 g/mol. The Balaban J connectivity index is 1.92. The highest BCUT2D eigenvalue weighted by molar-refractivity contribution is 5.92. The SMILES string of the molecule is CC1(C)CC1CNCc1cc(C(N)=O)ccc1F. The van der Waals surface area contributed by atoms with Gasteiger partial charge in [-0.3, -0.25) is 4.79 Å². The van der Waals surface area contributed by atoms with Gasteiger partial charge in [-0.1, -0.05) is 13.8 Å². The summed E-state index contributed by atoms with van der Waals surface area (Å²) < 4.78 is 13.5. The summed E-state index contributed by atoms with van der Waals surface area (Å²) in [7, 11) is 0. The quantitative estimate of drug-likeness (QED) is 0.840. The van der Waals surface area contributed by atoms with Crippen molar-refractivity contribution in [1.82, 2.24) is 5.32 Å². The molecule has 0 aromatic heterocycles. The van der Waals surface area contributed by atoms with E-state index in [-0.39, 0.29) is 5.82 Å². The van der Waals surface area contributed by atoms with Gasteiger partial charge in [0.1, 0.15) is 5.82 Å². The molecule has 0 saturated heterocycles. The third-order valence-corrected chi connectivity index (χ3v) is 3.75. The van der Waals surface area contributed by atoms with Crippen molar-refractivity contribution >= 4 is 5.91 Å². The summed E-state index contributed by atoms with van der Waals surface area (Å²) in [6.45, 7) is 5.77. The van der Waals surface area contributed by atoms with Crippen LogP contribution in [0.4, 0.5) is 4.39 Å². The van der Waals surface area contributed by atoms with Gasteiger partial charge in [0.2, 0.25) is 5.91 Å².